The van der Waals surface area contributed by atoms with Gasteiger partial charge < -0.3 is 4.74 Å². The van der Waals surface area contributed by atoms with Gasteiger partial charge in [-0.15, -0.1) is 0 Å². The molecule has 0 fully saturated rings. The summed E-state index contributed by atoms with van der Waals surface area (Å²) in [7, 11) is -4.07. The number of ether oxygens (including phenoxy) is 1. The molecule has 0 unspecified atom stereocenters. The Balaban J connectivity index is 2.48. The molecule has 0 aliphatic carbocycles. The monoisotopic (exact) mass is 421 g/mol. The zero-order valence-electron chi connectivity index (χ0n) is 13.1. The minimum Gasteiger partial charge on any atom is -0.494 e. The summed E-state index contributed by atoms with van der Waals surface area (Å²) >= 11 is 17.2. The van der Waals surface area contributed by atoms with Crippen molar-refractivity contribution in [3.8, 4) is 5.75 Å². The summed E-state index contributed by atoms with van der Waals surface area (Å²) in [5.41, 5.74) is 0.267. The number of hydrogen-bond acceptors (Lipinski definition) is 4. The van der Waals surface area contributed by atoms with Crippen LogP contribution in [-0.2, 0) is 14.8 Å². The zero-order valence-corrected chi connectivity index (χ0v) is 16.2. The molecule has 134 valence electrons. The first-order valence-corrected chi connectivity index (χ1v) is 9.72. The number of anilines is 1. The van der Waals surface area contributed by atoms with Gasteiger partial charge in [0.1, 0.15) is 12.3 Å². The van der Waals surface area contributed by atoms with E-state index >= 15 is 0 Å². The Morgan fingerprint density at radius 1 is 1.08 bits per heavy atom. The lowest BCUT2D eigenvalue weighted by Crippen LogP contribution is -2.34. The van der Waals surface area contributed by atoms with Gasteiger partial charge in [0.2, 0.25) is 5.24 Å². The fourth-order valence-corrected chi connectivity index (χ4v) is 4.07. The average molecular weight is 423 g/mol. The van der Waals surface area contributed by atoms with E-state index < -0.39 is 21.8 Å². The van der Waals surface area contributed by atoms with Gasteiger partial charge in [0, 0.05) is 0 Å². The molecule has 0 amide bonds. The molecule has 2 rings (SSSR count). The summed E-state index contributed by atoms with van der Waals surface area (Å²) in [6, 6.07) is 10.2. The van der Waals surface area contributed by atoms with E-state index in [1.165, 1.54) is 30.3 Å². The Bertz CT molecular complexity index is 869. The van der Waals surface area contributed by atoms with Crippen LogP contribution in [0.15, 0.2) is 47.4 Å². The lowest BCUT2D eigenvalue weighted by atomic mass is 10.3. The number of rotatable bonds is 7. The van der Waals surface area contributed by atoms with Crippen LogP contribution in [-0.4, -0.2) is 26.8 Å². The first kappa shape index (κ1) is 19.8. The highest BCUT2D eigenvalue weighted by Gasteiger charge is 2.27. The number of carbonyl (C=O) groups excluding carboxylic acids is 1. The highest BCUT2D eigenvalue weighted by molar-refractivity contribution is 7.92. The largest absolute Gasteiger partial charge is 0.494 e. The van der Waals surface area contributed by atoms with Crippen molar-refractivity contribution in [1.29, 1.82) is 0 Å². The Labute approximate surface area is 161 Å². The molecule has 0 heterocycles. The first-order chi connectivity index (χ1) is 11.8. The average Bonchev–Trinajstić information content (AvgIpc) is 2.56. The lowest BCUT2D eigenvalue weighted by molar-refractivity contribution is -0.110. The van der Waals surface area contributed by atoms with E-state index in [4.69, 9.17) is 39.5 Å². The summed E-state index contributed by atoms with van der Waals surface area (Å²) < 4.78 is 32.1. The second-order valence-corrected chi connectivity index (χ2v) is 7.97. The molecule has 0 saturated heterocycles. The van der Waals surface area contributed by atoms with Crippen LogP contribution in [0.4, 0.5) is 5.69 Å². The fraction of sp³-hybridized carbons (Fsp3) is 0.188. The van der Waals surface area contributed by atoms with Gasteiger partial charge in [-0.1, -0.05) is 23.2 Å². The van der Waals surface area contributed by atoms with Crippen LogP contribution in [0.25, 0.3) is 0 Å². The van der Waals surface area contributed by atoms with Crippen LogP contribution in [0.1, 0.15) is 6.92 Å². The molecule has 25 heavy (non-hydrogen) atoms. The minimum absolute atomic E-state index is 0.0894. The normalized spacial score (nSPS) is 11.2. The second kappa shape index (κ2) is 8.27. The molecule has 2 aromatic rings. The quantitative estimate of drug-likeness (QED) is 0.622. The van der Waals surface area contributed by atoms with Crippen LogP contribution in [0.5, 0.6) is 5.75 Å². The van der Waals surface area contributed by atoms with Crippen molar-refractivity contribution in [2.75, 3.05) is 17.5 Å². The first-order valence-electron chi connectivity index (χ1n) is 7.14. The SMILES string of the molecule is CCOc1ccc(N(CC(=O)Cl)S(=O)(=O)c2ccc(Cl)c(Cl)c2)cc1. The summed E-state index contributed by atoms with van der Waals surface area (Å²) in [5.74, 6) is 0.579. The molecule has 0 saturated carbocycles. The van der Waals surface area contributed by atoms with Crippen LogP contribution < -0.4 is 9.04 Å². The molecular weight excluding hydrogens is 409 g/mol. The van der Waals surface area contributed by atoms with Crippen molar-refractivity contribution in [2.24, 2.45) is 0 Å². The predicted molar refractivity (Wildman–Crippen MR) is 99.5 cm³/mol. The molecule has 0 atom stereocenters. The maximum absolute atomic E-state index is 12.9. The zero-order chi connectivity index (χ0) is 18.6. The molecule has 0 radical (unpaired) electrons. The minimum atomic E-state index is -4.07. The molecular formula is C16H14Cl3NO4S. The number of halogens is 3. The number of benzene rings is 2. The second-order valence-electron chi connectivity index (χ2n) is 4.87. The van der Waals surface area contributed by atoms with E-state index in [0.717, 1.165) is 4.31 Å². The predicted octanol–water partition coefficient (Wildman–Crippen LogP) is 4.35. The van der Waals surface area contributed by atoms with E-state index in [1.807, 2.05) is 6.92 Å². The summed E-state index contributed by atoms with van der Waals surface area (Å²) in [6.07, 6.45) is 0. The maximum atomic E-state index is 12.9. The van der Waals surface area contributed by atoms with Crippen molar-refractivity contribution >= 4 is 55.8 Å². The van der Waals surface area contributed by atoms with Gasteiger partial charge in [0.15, 0.2) is 0 Å². The van der Waals surface area contributed by atoms with Gasteiger partial charge in [-0.05, 0) is 61.0 Å². The molecule has 0 N–H and O–H groups in total. The van der Waals surface area contributed by atoms with Gasteiger partial charge in [-0.25, -0.2) is 8.42 Å². The summed E-state index contributed by atoms with van der Waals surface area (Å²) in [6.45, 7) is 1.78. The van der Waals surface area contributed by atoms with Crippen LogP contribution >= 0.6 is 34.8 Å². The van der Waals surface area contributed by atoms with E-state index in [1.54, 1.807) is 12.1 Å². The van der Waals surface area contributed by atoms with Crippen molar-refractivity contribution in [2.45, 2.75) is 11.8 Å². The van der Waals surface area contributed by atoms with Crippen LogP contribution in [0, 0.1) is 0 Å². The third-order valence-corrected chi connectivity index (χ3v) is 5.81. The Morgan fingerprint density at radius 2 is 1.72 bits per heavy atom. The fourth-order valence-electron chi connectivity index (χ4n) is 2.07. The van der Waals surface area contributed by atoms with Crippen molar-refractivity contribution in [3.05, 3.63) is 52.5 Å². The van der Waals surface area contributed by atoms with Gasteiger partial charge in [-0.3, -0.25) is 9.10 Å². The summed E-state index contributed by atoms with van der Waals surface area (Å²) in [4.78, 5) is 11.3. The third kappa shape index (κ3) is 4.79. The highest BCUT2D eigenvalue weighted by atomic mass is 35.5. The smallest absolute Gasteiger partial charge is 0.264 e. The van der Waals surface area contributed by atoms with E-state index in [-0.39, 0.29) is 20.6 Å². The standard InChI is InChI=1S/C16H14Cl3NO4S/c1-2-24-12-5-3-11(4-6-12)20(10-16(19)21)25(22,23)13-7-8-14(17)15(18)9-13/h3-9H,2,10H2,1H3. The maximum Gasteiger partial charge on any atom is 0.264 e. The van der Waals surface area contributed by atoms with Gasteiger partial charge in [-0.2, -0.15) is 0 Å². The van der Waals surface area contributed by atoms with E-state index in [0.29, 0.717) is 12.4 Å². The lowest BCUT2D eigenvalue weighted by Gasteiger charge is -2.23. The number of carbonyl (C=O) groups is 1. The molecule has 9 heteroatoms. The Kier molecular flexibility index (Phi) is 6.57. The molecule has 0 bridgehead atoms. The van der Waals surface area contributed by atoms with Crippen LogP contribution in [0.2, 0.25) is 10.0 Å². The Morgan fingerprint density at radius 3 is 2.24 bits per heavy atom. The number of nitrogens with zero attached hydrogens (tertiary/aromatic N) is 1. The molecule has 5 nitrogen and oxygen atoms in total. The topological polar surface area (TPSA) is 63.7 Å². The molecule has 0 aliphatic heterocycles. The van der Waals surface area contributed by atoms with E-state index in [9.17, 15) is 13.2 Å². The molecule has 2 aromatic carbocycles. The van der Waals surface area contributed by atoms with Crippen molar-refractivity contribution < 1.29 is 17.9 Å². The van der Waals surface area contributed by atoms with Gasteiger partial charge in [0.05, 0.1) is 27.2 Å². The number of hydrogen-bond donors (Lipinski definition) is 0. The molecule has 0 aromatic heterocycles. The highest BCUT2D eigenvalue weighted by Crippen LogP contribution is 2.30. The molecule has 0 spiro atoms. The molecule has 0 aliphatic rings. The van der Waals surface area contributed by atoms with Gasteiger partial charge in [0.25, 0.3) is 10.0 Å². The van der Waals surface area contributed by atoms with Crippen molar-refractivity contribution in [3.63, 3.8) is 0 Å². The summed E-state index contributed by atoms with van der Waals surface area (Å²) in [5, 5.41) is -0.509. The third-order valence-electron chi connectivity index (χ3n) is 3.18. The number of sulfonamides is 1. The van der Waals surface area contributed by atoms with Crippen LogP contribution in [0.3, 0.4) is 0 Å². The van der Waals surface area contributed by atoms with Gasteiger partial charge >= 0.3 is 0 Å². The van der Waals surface area contributed by atoms with E-state index in [2.05, 4.69) is 0 Å². The Hall–Kier alpha value is -1.47. The van der Waals surface area contributed by atoms with Crippen molar-refractivity contribution in [1.82, 2.24) is 0 Å².